The number of amides is 1. The van der Waals surface area contributed by atoms with Crippen molar-refractivity contribution in [3.8, 4) is 0 Å². The van der Waals surface area contributed by atoms with Crippen LogP contribution in [-0.2, 0) is 27.1 Å². The highest BCUT2D eigenvalue weighted by atomic mass is 32.2. The van der Waals surface area contributed by atoms with E-state index in [1.807, 2.05) is 13.0 Å². The number of hydrogen-bond donors (Lipinski definition) is 2. The molecule has 0 bridgehead atoms. The molecule has 0 spiro atoms. The fourth-order valence-electron chi connectivity index (χ4n) is 4.30. The van der Waals surface area contributed by atoms with Gasteiger partial charge in [-0.2, -0.15) is 13.2 Å². The Balaban J connectivity index is 1.61. The molecular weight excluding hydrogens is 491 g/mol. The van der Waals surface area contributed by atoms with Crippen LogP contribution in [0.3, 0.4) is 0 Å². The van der Waals surface area contributed by atoms with Gasteiger partial charge in [0, 0.05) is 5.25 Å². The van der Waals surface area contributed by atoms with Crippen molar-refractivity contribution in [1.82, 2.24) is 5.32 Å². The standard InChI is InChI=1S/C27H30F3NO4S/c1-4-26(2,3)23(25(33)34)31-24(32)18-11-12-20-19(13-21(36-20)16-7-8-16)22(18)35-14-15-5-9-17(10-6-15)27(28,29)30/h5-6,9-13,16,19-20,23H,4,7-8,14H2,1-3H3,(H,31,32)(H,33,34). The summed E-state index contributed by atoms with van der Waals surface area (Å²) < 4.78 is 44.9. The molecule has 3 atom stereocenters. The third kappa shape index (κ3) is 5.66. The van der Waals surface area contributed by atoms with Crippen LogP contribution in [0.1, 0.15) is 51.2 Å². The Bertz CT molecular complexity index is 1120. The molecule has 4 rings (SSSR count). The fraction of sp³-hybridized carbons (Fsp3) is 0.481. The van der Waals surface area contributed by atoms with Crippen molar-refractivity contribution in [2.24, 2.45) is 17.3 Å². The molecule has 9 heteroatoms. The molecule has 0 saturated heterocycles. The van der Waals surface area contributed by atoms with Crippen LogP contribution in [-0.4, -0.2) is 28.3 Å². The maximum atomic E-state index is 13.4. The summed E-state index contributed by atoms with van der Waals surface area (Å²) in [7, 11) is 0. The SMILES string of the molecule is CCC(C)(C)C(NC(=O)C1=C(OCc2ccc(C(F)(F)F)cc2)C2C=C(C3CC3)SC2C=C1)C(=O)O. The van der Waals surface area contributed by atoms with Gasteiger partial charge in [-0.1, -0.05) is 45.1 Å². The van der Waals surface area contributed by atoms with Gasteiger partial charge in [-0.25, -0.2) is 4.79 Å². The zero-order valence-electron chi connectivity index (χ0n) is 20.4. The van der Waals surface area contributed by atoms with E-state index in [2.05, 4.69) is 11.4 Å². The minimum atomic E-state index is -4.42. The first kappa shape index (κ1) is 26.4. The minimum Gasteiger partial charge on any atom is -0.492 e. The van der Waals surface area contributed by atoms with E-state index in [-0.39, 0.29) is 23.3 Å². The fourth-order valence-corrected chi connectivity index (χ4v) is 5.77. The number of carbonyl (C=O) groups is 2. The van der Waals surface area contributed by atoms with Gasteiger partial charge in [0.05, 0.1) is 17.1 Å². The average Bonchev–Trinajstić information content (AvgIpc) is 3.58. The van der Waals surface area contributed by atoms with Gasteiger partial charge in [0.1, 0.15) is 18.4 Å². The van der Waals surface area contributed by atoms with Gasteiger partial charge in [-0.15, -0.1) is 11.8 Å². The molecule has 2 aliphatic carbocycles. The van der Waals surface area contributed by atoms with Gasteiger partial charge in [-0.05, 0) is 59.3 Å². The van der Waals surface area contributed by atoms with E-state index in [0.717, 1.165) is 25.0 Å². The number of rotatable bonds is 9. The Kier molecular flexibility index (Phi) is 7.33. The average molecular weight is 522 g/mol. The summed E-state index contributed by atoms with van der Waals surface area (Å²) in [4.78, 5) is 26.6. The lowest BCUT2D eigenvalue weighted by Crippen LogP contribution is -2.50. The molecule has 1 aliphatic heterocycles. The molecule has 3 unspecified atom stereocenters. The van der Waals surface area contributed by atoms with Crippen molar-refractivity contribution in [3.05, 3.63) is 69.9 Å². The van der Waals surface area contributed by atoms with Crippen LogP contribution >= 0.6 is 11.8 Å². The number of ether oxygens (including phenoxy) is 1. The monoisotopic (exact) mass is 521 g/mol. The van der Waals surface area contributed by atoms with Crippen molar-refractivity contribution < 1.29 is 32.6 Å². The van der Waals surface area contributed by atoms with Crippen LogP contribution in [0.4, 0.5) is 13.2 Å². The summed E-state index contributed by atoms with van der Waals surface area (Å²) in [5.74, 6) is -0.911. The number of nitrogens with one attached hydrogen (secondary N) is 1. The zero-order valence-corrected chi connectivity index (χ0v) is 21.2. The van der Waals surface area contributed by atoms with Crippen LogP contribution in [0.5, 0.6) is 0 Å². The summed E-state index contributed by atoms with van der Waals surface area (Å²) in [5.41, 5.74) is -0.635. The lowest BCUT2D eigenvalue weighted by molar-refractivity contribution is -0.144. The van der Waals surface area contributed by atoms with Crippen LogP contribution in [0.2, 0.25) is 0 Å². The number of aliphatic carboxylic acids is 1. The van der Waals surface area contributed by atoms with Crippen LogP contribution < -0.4 is 5.32 Å². The molecule has 1 fully saturated rings. The van der Waals surface area contributed by atoms with Crippen LogP contribution in [0.15, 0.2) is 58.7 Å². The molecule has 3 aliphatic rings. The van der Waals surface area contributed by atoms with E-state index in [4.69, 9.17) is 4.74 Å². The van der Waals surface area contributed by atoms with Gasteiger partial charge in [0.25, 0.3) is 5.91 Å². The first-order chi connectivity index (χ1) is 16.9. The number of hydrogen-bond acceptors (Lipinski definition) is 4. The predicted octanol–water partition coefficient (Wildman–Crippen LogP) is 6.08. The molecule has 0 aromatic heterocycles. The second-order valence-electron chi connectivity index (χ2n) is 10.2. The predicted molar refractivity (Wildman–Crippen MR) is 132 cm³/mol. The van der Waals surface area contributed by atoms with E-state index in [1.54, 1.807) is 31.7 Å². The molecule has 0 radical (unpaired) electrons. The second-order valence-corrected chi connectivity index (χ2v) is 11.4. The molecule has 1 aromatic carbocycles. The summed E-state index contributed by atoms with van der Waals surface area (Å²) in [5, 5.41) is 12.5. The number of alkyl halides is 3. The maximum absolute atomic E-state index is 13.4. The first-order valence-corrected chi connectivity index (χ1v) is 12.9. The van der Waals surface area contributed by atoms with Gasteiger partial charge >= 0.3 is 12.1 Å². The number of carbonyl (C=O) groups excluding carboxylic acids is 1. The Morgan fingerprint density at radius 2 is 1.86 bits per heavy atom. The molecule has 5 nitrogen and oxygen atoms in total. The summed E-state index contributed by atoms with van der Waals surface area (Å²) in [6, 6.07) is 3.63. The largest absolute Gasteiger partial charge is 0.492 e. The number of thioether (sulfide) groups is 1. The Morgan fingerprint density at radius 3 is 2.42 bits per heavy atom. The highest BCUT2D eigenvalue weighted by Gasteiger charge is 2.42. The lowest BCUT2D eigenvalue weighted by Gasteiger charge is -2.32. The molecule has 2 N–H and O–H groups in total. The van der Waals surface area contributed by atoms with Gasteiger partial charge in [-0.3, -0.25) is 4.79 Å². The van der Waals surface area contributed by atoms with Gasteiger partial charge in [0.2, 0.25) is 0 Å². The normalized spacial score (nSPS) is 22.7. The molecule has 1 aromatic rings. The Morgan fingerprint density at radius 1 is 1.19 bits per heavy atom. The number of halogens is 3. The summed E-state index contributed by atoms with van der Waals surface area (Å²) >= 11 is 1.75. The quantitative estimate of drug-likeness (QED) is 0.412. The molecular formula is C27H30F3NO4S. The highest BCUT2D eigenvalue weighted by Crippen LogP contribution is 2.53. The van der Waals surface area contributed by atoms with Crippen molar-refractivity contribution in [3.63, 3.8) is 0 Å². The van der Waals surface area contributed by atoms with Crippen molar-refractivity contribution in [2.45, 2.75) is 64.1 Å². The lowest BCUT2D eigenvalue weighted by atomic mass is 9.81. The van der Waals surface area contributed by atoms with Crippen molar-refractivity contribution >= 4 is 23.6 Å². The molecule has 1 heterocycles. The smallest absolute Gasteiger partial charge is 0.416 e. The van der Waals surface area contributed by atoms with E-state index >= 15 is 0 Å². The van der Waals surface area contributed by atoms with Gasteiger partial charge in [0.15, 0.2) is 0 Å². The Labute approximate surface area is 212 Å². The molecule has 1 amide bonds. The topological polar surface area (TPSA) is 75.6 Å². The number of benzene rings is 1. The second kappa shape index (κ2) is 10.00. The zero-order chi connectivity index (χ0) is 26.3. The number of fused-ring (bicyclic) bond motifs is 1. The first-order valence-electron chi connectivity index (χ1n) is 12.0. The van der Waals surface area contributed by atoms with E-state index in [1.165, 1.54) is 17.0 Å². The van der Waals surface area contributed by atoms with E-state index in [9.17, 15) is 27.9 Å². The highest BCUT2D eigenvalue weighted by molar-refractivity contribution is 8.04. The maximum Gasteiger partial charge on any atom is 0.416 e. The number of carboxylic acids is 1. The Hall–Kier alpha value is -2.68. The molecule has 1 saturated carbocycles. The summed E-state index contributed by atoms with van der Waals surface area (Å²) in [6.07, 6.45) is 4.13. The van der Waals surface area contributed by atoms with Crippen LogP contribution in [0, 0.1) is 17.3 Å². The van der Waals surface area contributed by atoms with Crippen molar-refractivity contribution in [2.75, 3.05) is 0 Å². The van der Waals surface area contributed by atoms with E-state index in [0.29, 0.717) is 23.7 Å². The van der Waals surface area contributed by atoms with E-state index < -0.39 is 35.1 Å². The minimum absolute atomic E-state index is 0.0125. The molecule has 194 valence electrons. The molecule has 36 heavy (non-hydrogen) atoms. The number of allylic oxidation sites excluding steroid dienone is 2. The summed E-state index contributed by atoms with van der Waals surface area (Å²) in [6.45, 7) is 5.42. The van der Waals surface area contributed by atoms with Gasteiger partial charge < -0.3 is 15.2 Å². The third-order valence-corrected chi connectivity index (χ3v) is 8.57. The third-order valence-electron chi connectivity index (χ3n) is 7.11. The van der Waals surface area contributed by atoms with Crippen LogP contribution in [0.25, 0.3) is 0 Å². The number of carboxylic acid groups (broad SMARTS) is 1. The van der Waals surface area contributed by atoms with Crippen molar-refractivity contribution in [1.29, 1.82) is 0 Å².